The standard InChI is InChI=1S/C24H22N4O3S/c1-15-9-10-18(24(30)31-3)11-21(15)28(12-19-16(2)25-14-26-19)23(29)20-13-32-22(27-20)17-7-5-4-6-8-17/h4-11,13-14H,12H2,1-3H3,(H,25,26). The summed E-state index contributed by atoms with van der Waals surface area (Å²) in [5, 5.41) is 2.53. The summed E-state index contributed by atoms with van der Waals surface area (Å²) in [5.74, 6) is -0.731. The average molecular weight is 447 g/mol. The third kappa shape index (κ3) is 4.31. The summed E-state index contributed by atoms with van der Waals surface area (Å²) in [4.78, 5) is 39.4. The number of nitrogens with one attached hydrogen (secondary N) is 1. The molecule has 0 radical (unpaired) electrons. The number of hydrogen-bond donors (Lipinski definition) is 1. The first-order valence-corrected chi connectivity index (χ1v) is 10.9. The Balaban J connectivity index is 1.75. The van der Waals surface area contributed by atoms with Crippen LogP contribution in [-0.4, -0.2) is 33.9 Å². The number of methoxy groups -OCH3 is 1. The third-order valence-electron chi connectivity index (χ3n) is 5.15. The molecule has 2 aromatic carbocycles. The number of anilines is 1. The molecule has 0 bridgehead atoms. The molecule has 4 rings (SSSR count). The van der Waals surface area contributed by atoms with Gasteiger partial charge < -0.3 is 14.6 Å². The number of carbonyl (C=O) groups is 2. The van der Waals surface area contributed by atoms with Gasteiger partial charge in [0.1, 0.15) is 10.7 Å². The number of hydrogen-bond acceptors (Lipinski definition) is 6. The van der Waals surface area contributed by atoms with Crippen LogP contribution in [0.25, 0.3) is 10.6 Å². The summed E-state index contributed by atoms with van der Waals surface area (Å²) >= 11 is 1.42. The molecule has 0 saturated heterocycles. The Morgan fingerprint density at radius 1 is 1.12 bits per heavy atom. The Bertz CT molecular complexity index is 1260. The highest BCUT2D eigenvalue weighted by Gasteiger charge is 2.25. The maximum atomic E-state index is 13.6. The normalized spacial score (nSPS) is 10.7. The van der Waals surface area contributed by atoms with Gasteiger partial charge in [-0.2, -0.15) is 0 Å². The van der Waals surface area contributed by atoms with E-state index >= 15 is 0 Å². The summed E-state index contributed by atoms with van der Waals surface area (Å²) < 4.78 is 4.86. The molecule has 7 nitrogen and oxygen atoms in total. The summed E-state index contributed by atoms with van der Waals surface area (Å²) in [6.45, 7) is 4.03. The number of aryl methyl sites for hydroxylation is 2. The average Bonchev–Trinajstić information content (AvgIpc) is 3.47. The zero-order valence-electron chi connectivity index (χ0n) is 18.0. The maximum absolute atomic E-state index is 13.6. The monoisotopic (exact) mass is 446 g/mol. The summed E-state index contributed by atoms with van der Waals surface area (Å²) in [6.07, 6.45) is 1.60. The molecule has 1 N–H and O–H groups in total. The lowest BCUT2D eigenvalue weighted by atomic mass is 10.1. The first kappa shape index (κ1) is 21.5. The van der Waals surface area contributed by atoms with Gasteiger partial charge in [0.15, 0.2) is 0 Å². The zero-order valence-corrected chi connectivity index (χ0v) is 18.8. The minimum absolute atomic E-state index is 0.234. The maximum Gasteiger partial charge on any atom is 0.337 e. The molecular formula is C24H22N4O3S. The van der Waals surface area contributed by atoms with Crippen molar-refractivity contribution in [2.75, 3.05) is 12.0 Å². The second kappa shape index (κ2) is 9.15. The van der Waals surface area contributed by atoms with Crippen LogP contribution < -0.4 is 4.90 Å². The van der Waals surface area contributed by atoms with E-state index in [2.05, 4.69) is 15.0 Å². The van der Waals surface area contributed by atoms with Crippen molar-refractivity contribution in [2.45, 2.75) is 20.4 Å². The van der Waals surface area contributed by atoms with Crippen molar-refractivity contribution in [3.63, 3.8) is 0 Å². The molecule has 0 aliphatic heterocycles. The van der Waals surface area contributed by atoms with E-state index in [4.69, 9.17) is 4.74 Å². The van der Waals surface area contributed by atoms with Crippen LogP contribution in [0.1, 0.15) is 37.8 Å². The number of benzene rings is 2. The SMILES string of the molecule is COC(=O)c1ccc(C)c(N(Cc2nc[nH]c2C)C(=O)c2csc(-c3ccccc3)n2)c1. The second-order valence-corrected chi connectivity index (χ2v) is 8.12. The van der Waals surface area contributed by atoms with E-state index in [1.165, 1.54) is 18.4 Å². The van der Waals surface area contributed by atoms with Crippen molar-refractivity contribution in [3.05, 3.63) is 88.4 Å². The van der Waals surface area contributed by atoms with Crippen molar-refractivity contribution < 1.29 is 14.3 Å². The Kier molecular flexibility index (Phi) is 6.13. The minimum atomic E-state index is -0.463. The van der Waals surface area contributed by atoms with Crippen LogP contribution in [0.2, 0.25) is 0 Å². The van der Waals surface area contributed by atoms with Gasteiger partial charge in [-0.3, -0.25) is 4.79 Å². The van der Waals surface area contributed by atoms with E-state index in [-0.39, 0.29) is 12.5 Å². The highest BCUT2D eigenvalue weighted by atomic mass is 32.1. The molecule has 0 saturated carbocycles. The van der Waals surface area contributed by atoms with E-state index in [1.54, 1.807) is 34.8 Å². The molecule has 0 aliphatic carbocycles. The largest absolute Gasteiger partial charge is 0.465 e. The van der Waals surface area contributed by atoms with Crippen molar-refractivity contribution in [1.29, 1.82) is 0 Å². The predicted molar refractivity (Wildman–Crippen MR) is 124 cm³/mol. The van der Waals surface area contributed by atoms with Crippen LogP contribution in [0.15, 0.2) is 60.2 Å². The van der Waals surface area contributed by atoms with Crippen molar-refractivity contribution in [1.82, 2.24) is 15.0 Å². The lowest BCUT2D eigenvalue weighted by Gasteiger charge is -2.24. The van der Waals surface area contributed by atoms with Crippen molar-refractivity contribution in [2.24, 2.45) is 0 Å². The number of thiazole rings is 1. The molecule has 4 aromatic rings. The Hall–Kier alpha value is -3.78. The van der Waals surface area contributed by atoms with Crippen molar-refractivity contribution in [3.8, 4) is 10.6 Å². The highest BCUT2D eigenvalue weighted by Crippen LogP contribution is 2.29. The predicted octanol–water partition coefficient (Wildman–Crippen LogP) is 4.78. The third-order valence-corrected chi connectivity index (χ3v) is 6.04. The van der Waals surface area contributed by atoms with Crippen LogP contribution in [0.3, 0.4) is 0 Å². The second-order valence-electron chi connectivity index (χ2n) is 7.26. The summed E-state index contributed by atoms with van der Waals surface area (Å²) in [6, 6.07) is 14.9. The summed E-state index contributed by atoms with van der Waals surface area (Å²) in [7, 11) is 1.33. The zero-order chi connectivity index (χ0) is 22.7. The van der Waals surface area contributed by atoms with E-state index in [0.717, 1.165) is 27.5 Å². The fourth-order valence-corrected chi connectivity index (χ4v) is 4.13. The van der Waals surface area contributed by atoms with Crippen LogP contribution >= 0.6 is 11.3 Å². The molecule has 0 aliphatic rings. The highest BCUT2D eigenvalue weighted by molar-refractivity contribution is 7.13. The number of aromatic amines is 1. The fourth-order valence-electron chi connectivity index (χ4n) is 3.33. The van der Waals surface area contributed by atoms with E-state index in [0.29, 0.717) is 16.9 Å². The molecule has 2 aromatic heterocycles. The molecule has 162 valence electrons. The first-order chi connectivity index (χ1) is 15.5. The molecule has 8 heteroatoms. The number of nitrogens with zero attached hydrogens (tertiary/aromatic N) is 3. The van der Waals surface area contributed by atoms with Gasteiger partial charge in [0, 0.05) is 22.3 Å². The number of aromatic nitrogens is 3. The van der Waals surface area contributed by atoms with Gasteiger partial charge >= 0.3 is 5.97 Å². The van der Waals surface area contributed by atoms with Gasteiger partial charge in [-0.05, 0) is 31.5 Å². The van der Waals surface area contributed by atoms with Gasteiger partial charge in [-0.25, -0.2) is 14.8 Å². The van der Waals surface area contributed by atoms with Gasteiger partial charge in [0.2, 0.25) is 0 Å². The number of rotatable bonds is 6. The Morgan fingerprint density at radius 3 is 2.59 bits per heavy atom. The number of imidazole rings is 1. The van der Waals surface area contributed by atoms with Crippen LogP contribution in [-0.2, 0) is 11.3 Å². The first-order valence-electron chi connectivity index (χ1n) is 9.98. The van der Waals surface area contributed by atoms with E-state index in [1.807, 2.05) is 44.2 Å². The molecule has 0 fully saturated rings. The van der Waals surface area contributed by atoms with Crippen LogP contribution in [0.4, 0.5) is 5.69 Å². The number of amides is 1. The Morgan fingerprint density at radius 2 is 1.91 bits per heavy atom. The van der Waals surface area contributed by atoms with Gasteiger partial charge in [-0.1, -0.05) is 36.4 Å². The number of ether oxygens (including phenoxy) is 1. The number of carbonyl (C=O) groups excluding carboxylic acids is 2. The number of H-pyrrole nitrogens is 1. The number of esters is 1. The van der Waals surface area contributed by atoms with E-state index < -0.39 is 5.97 Å². The van der Waals surface area contributed by atoms with E-state index in [9.17, 15) is 9.59 Å². The lowest BCUT2D eigenvalue weighted by molar-refractivity contribution is 0.0600. The summed E-state index contributed by atoms with van der Waals surface area (Å²) in [5.41, 5.74) is 4.72. The van der Waals surface area contributed by atoms with Crippen molar-refractivity contribution >= 4 is 28.9 Å². The van der Waals surface area contributed by atoms with Gasteiger partial charge in [0.25, 0.3) is 5.91 Å². The molecule has 1 amide bonds. The molecule has 0 atom stereocenters. The lowest BCUT2D eigenvalue weighted by Crippen LogP contribution is -2.32. The molecule has 0 unspecified atom stereocenters. The van der Waals surface area contributed by atoms with Crippen LogP contribution in [0, 0.1) is 13.8 Å². The molecule has 0 spiro atoms. The van der Waals surface area contributed by atoms with Gasteiger partial charge in [0.05, 0.1) is 31.2 Å². The molecule has 2 heterocycles. The quantitative estimate of drug-likeness (QED) is 0.431. The molecule has 32 heavy (non-hydrogen) atoms. The van der Waals surface area contributed by atoms with Crippen LogP contribution in [0.5, 0.6) is 0 Å². The fraction of sp³-hybridized carbons (Fsp3) is 0.167. The minimum Gasteiger partial charge on any atom is -0.465 e. The topological polar surface area (TPSA) is 88.2 Å². The molecular weight excluding hydrogens is 424 g/mol. The smallest absolute Gasteiger partial charge is 0.337 e. The van der Waals surface area contributed by atoms with Gasteiger partial charge in [-0.15, -0.1) is 11.3 Å². The Labute approximate surface area is 189 Å².